The van der Waals surface area contributed by atoms with Gasteiger partial charge >= 0.3 is 0 Å². The van der Waals surface area contributed by atoms with E-state index in [9.17, 15) is 4.79 Å². The summed E-state index contributed by atoms with van der Waals surface area (Å²) >= 11 is 0. The molecule has 110 valence electrons. The minimum Gasteiger partial charge on any atom is -0.497 e. The van der Waals surface area contributed by atoms with Gasteiger partial charge in [0.1, 0.15) is 5.75 Å². The molecule has 0 aliphatic carbocycles. The highest BCUT2D eigenvalue weighted by molar-refractivity contribution is 5.93. The van der Waals surface area contributed by atoms with Crippen molar-refractivity contribution in [2.75, 3.05) is 31.4 Å². The Morgan fingerprint density at radius 3 is 2.67 bits per heavy atom. The van der Waals surface area contributed by atoms with Crippen molar-refractivity contribution >= 4 is 17.3 Å². The average Bonchev–Trinajstić information content (AvgIpc) is 2.53. The van der Waals surface area contributed by atoms with Crippen molar-refractivity contribution in [1.82, 2.24) is 4.98 Å². The zero-order valence-electron chi connectivity index (χ0n) is 11.9. The second-order valence-electron chi connectivity index (χ2n) is 4.22. The summed E-state index contributed by atoms with van der Waals surface area (Å²) < 4.78 is 10.1. The number of nitrogens with zero attached hydrogens (tertiary/aromatic N) is 1. The molecule has 0 aliphatic heterocycles. The zero-order valence-corrected chi connectivity index (χ0v) is 11.9. The van der Waals surface area contributed by atoms with Crippen molar-refractivity contribution in [2.45, 2.75) is 0 Å². The fraction of sp³-hybridized carbons (Fsp3) is 0.200. The van der Waals surface area contributed by atoms with Gasteiger partial charge in [0.2, 0.25) is 11.8 Å². The smallest absolute Gasteiger partial charge is 0.243 e. The summed E-state index contributed by atoms with van der Waals surface area (Å²) in [6.45, 7) is 0.144. The molecule has 0 fully saturated rings. The van der Waals surface area contributed by atoms with E-state index in [1.165, 1.54) is 0 Å². The summed E-state index contributed by atoms with van der Waals surface area (Å²) in [4.78, 5) is 15.9. The number of aromatic nitrogens is 1. The SMILES string of the molecule is COc1cccc(NC(=O)CNc2ccc(OC)nc2)c1. The monoisotopic (exact) mass is 287 g/mol. The molecule has 0 saturated carbocycles. The number of benzene rings is 1. The van der Waals surface area contributed by atoms with Crippen LogP contribution < -0.4 is 20.1 Å². The number of hydrogen-bond acceptors (Lipinski definition) is 5. The Morgan fingerprint density at radius 1 is 1.14 bits per heavy atom. The summed E-state index contributed by atoms with van der Waals surface area (Å²) in [7, 11) is 3.14. The number of carbonyl (C=O) groups is 1. The highest BCUT2D eigenvalue weighted by Crippen LogP contribution is 2.16. The minimum atomic E-state index is -0.154. The molecular weight excluding hydrogens is 270 g/mol. The predicted molar refractivity (Wildman–Crippen MR) is 80.9 cm³/mol. The Hall–Kier alpha value is -2.76. The maximum atomic E-state index is 11.8. The first-order valence-electron chi connectivity index (χ1n) is 6.39. The molecule has 2 N–H and O–H groups in total. The molecular formula is C15H17N3O3. The van der Waals surface area contributed by atoms with Gasteiger partial charge in [0, 0.05) is 17.8 Å². The number of anilines is 2. The van der Waals surface area contributed by atoms with E-state index in [1.54, 1.807) is 44.7 Å². The molecule has 1 aromatic carbocycles. The van der Waals surface area contributed by atoms with E-state index < -0.39 is 0 Å². The Balaban J connectivity index is 1.86. The van der Waals surface area contributed by atoms with Crippen LogP contribution in [0.15, 0.2) is 42.6 Å². The fourth-order valence-corrected chi connectivity index (χ4v) is 1.69. The summed E-state index contributed by atoms with van der Waals surface area (Å²) in [5.41, 5.74) is 1.44. The van der Waals surface area contributed by atoms with E-state index in [0.717, 1.165) is 5.69 Å². The largest absolute Gasteiger partial charge is 0.497 e. The molecule has 0 unspecified atom stereocenters. The molecule has 6 heteroatoms. The molecule has 0 bridgehead atoms. The fourth-order valence-electron chi connectivity index (χ4n) is 1.69. The maximum absolute atomic E-state index is 11.8. The molecule has 1 amide bonds. The molecule has 0 aliphatic rings. The van der Waals surface area contributed by atoms with Crippen LogP contribution in [0, 0.1) is 0 Å². The van der Waals surface area contributed by atoms with Crippen molar-refractivity contribution in [3.63, 3.8) is 0 Å². The van der Waals surface area contributed by atoms with Gasteiger partial charge in [-0.3, -0.25) is 4.79 Å². The Morgan fingerprint density at radius 2 is 2.00 bits per heavy atom. The number of pyridine rings is 1. The second kappa shape index (κ2) is 7.14. The van der Waals surface area contributed by atoms with Crippen molar-refractivity contribution in [2.24, 2.45) is 0 Å². The van der Waals surface area contributed by atoms with E-state index >= 15 is 0 Å². The number of hydrogen-bond donors (Lipinski definition) is 2. The van der Waals surface area contributed by atoms with Crippen LogP contribution in [0.1, 0.15) is 0 Å². The number of nitrogens with one attached hydrogen (secondary N) is 2. The highest BCUT2D eigenvalue weighted by atomic mass is 16.5. The minimum absolute atomic E-state index is 0.144. The van der Waals surface area contributed by atoms with Crippen LogP contribution in [0.5, 0.6) is 11.6 Å². The van der Waals surface area contributed by atoms with Gasteiger partial charge in [0.25, 0.3) is 0 Å². The third kappa shape index (κ3) is 4.38. The highest BCUT2D eigenvalue weighted by Gasteiger charge is 2.03. The van der Waals surface area contributed by atoms with Crippen LogP contribution in [-0.4, -0.2) is 31.7 Å². The Labute approximate surface area is 123 Å². The van der Waals surface area contributed by atoms with Gasteiger partial charge in [-0.05, 0) is 18.2 Å². The lowest BCUT2D eigenvalue weighted by molar-refractivity contribution is -0.114. The number of methoxy groups -OCH3 is 2. The van der Waals surface area contributed by atoms with Gasteiger partial charge in [-0.25, -0.2) is 4.98 Å². The molecule has 2 rings (SSSR count). The first kappa shape index (κ1) is 14.6. The van der Waals surface area contributed by atoms with Gasteiger partial charge < -0.3 is 20.1 Å². The average molecular weight is 287 g/mol. The van der Waals surface area contributed by atoms with E-state index in [1.807, 2.05) is 12.1 Å². The van der Waals surface area contributed by atoms with Crippen molar-refractivity contribution < 1.29 is 14.3 Å². The van der Waals surface area contributed by atoms with Crippen LogP contribution in [-0.2, 0) is 4.79 Å². The van der Waals surface area contributed by atoms with Gasteiger partial charge in [-0.1, -0.05) is 6.07 Å². The summed E-state index contributed by atoms with van der Waals surface area (Å²) in [6, 6.07) is 10.7. The van der Waals surface area contributed by atoms with Gasteiger partial charge in [-0.15, -0.1) is 0 Å². The topological polar surface area (TPSA) is 72.5 Å². The van der Waals surface area contributed by atoms with Crippen LogP contribution in [0.4, 0.5) is 11.4 Å². The van der Waals surface area contributed by atoms with Gasteiger partial charge in [0.15, 0.2) is 0 Å². The number of rotatable bonds is 6. The molecule has 0 spiro atoms. The molecule has 21 heavy (non-hydrogen) atoms. The van der Waals surface area contributed by atoms with E-state index in [2.05, 4.69) is 15.6 Å². The van der Waals surface area contributed by atoms with Crippen molar-refractivity contribution in [1.29, 1.82) is 0 Å². The molecule has 0 atom stereocenters. The molecule has 0 radical (unpaired) electrons. The third-order valence-corrected chi connectivity index (χ3v) is 2.75. The quantitative estimate of drug-likeness (QED) is 0.851. The Kier molecular flexibility index (Phi) is 4.98. The van der Waals surface area contributed by atoms with Crippen LogP contribution in [0.3, 0.4) is 0 Å². The van der Waals surface area contributed by atoms with Gasteiger partial charge in [-0.2, -0.15) is 0 Å². The lowest BCUT2D eigenvalue weighted by atomic mass is 10.3. The maximum Gasteiger partial charge on any atom is 0.243 e. The van der Waals surface area contributed by atoms with Crippen LogP contribution in [0.2, 0.25) is 0 Å². The first-order valence-corrected chi connectivity index (χ1v) is 6.39. The van der Waals surface area contributed by atoms with Crippen LogP contribution >= 0.6 is 0 Å². The molecule has 2 aromatic rings. The summed E-state index contributed by atoms with van der Waals surface area (Å²) in [6.07, 6.45) is 1.61. The normalized spacial score (nSPS) is 9.81. The van der Waals surface area contributed by atoms with E-state index in [-0.39, 0.29) is 12.5 Å². The number of ether oxygens (including phenoxy) is 2. The van der Waals surface area contributed by atoms with Crippen molar-refractivity contribution in [3.05, 3.63) is 42.6 Å². The van der Waals surface area contributed by atoms with Gasteiger partial charge in [0.05, 0.1) is 32.6 Å². The lowest BCUT2D eigenvalue weighted by Gasteiger charge is -2.09. The molecule has 6 nitrogen and oxygen atoms in total. The van der Waals surface area contributed by atoms with Crippen LogP contribution in [0.25, 0.3) is 0 Å². The second-order valence-corrected chi connectivity index (χ2v) is 4.22. The molecule has 1 aromatic heterocycles. The summed E-state index contributed by atoms with van der Waals surface area (Å²) in [5.74, 6) is 1.07. The lowest BCUT2D eigenvalue weighted by Crippen LogP contribution is -2.21. The Bertz CT molecular complexity index is 599. The third-order valence-electron chi connectivity index (χ3n) is 2.75. The van der Waals surface area contributed by atoms with E-state index in [4.69, 9.17) is 9.47 Å². The summed E-state index contributed by atoms with van der Waals surface area (Å²) in [5, 5.41) is 5.77. The van der Waals surface area contributed by atoms with E-state index in [0.29, 0.717) is 17.3 Å². The molecule has 1 heterocycles. The van der Waals surface area contributed by atoms with Crippen molar-refractivity contribution in [3.8, 4) is 11.6 Å². The number of carbonyl (C=O) groups excluding carboxylic acids is 1. The predicted octanol–water partition coefficient (Wildman–Crippen LogP) is 2.15. The zero-order chi connectivity index (χ0) is 15.1. The first-order chi connectivity index (χ1) is 10.2. The number of amides is 1. The molecule has 0 saturated heterocycles. The standard InChI is InChI=1S/C15H17N3O3/c1-20-13-5-3-4-11(8-13)18-14(19)10-16-12-6-7-15(21-2)17-9-12/h3-9,16H,10H2,1-2H3,(H,18,19).